The molecule has 0 bridgehead atoms. The molecule has 1 aromatic rings. The minimum Gasteiger partial charge on any atom is -0.256 e. The second-order valence-corrected chi connectivity index (χ2v) is 3.29. The second-order valence-electron chi connectivity index (χ2n) is 3.29. The molecule has 1 rings (SSSR count). The summed E-state index contributed by atoms with van der Waals surface area (Å²) in [5, 5.41) is 2.17. The molecule has 0 saturated heterocycles. The maximum absolute atomic E-state index is 4.26. The zero-order valence-electron chi connectivity index (χ0n) is 8.20. The number of pyridine rings is 1. The van der Waals surface area contributed by atoms with Gasteiger partial charge in [-0.1, -0.05) is 38.6 Å². The van der Waals surface area contributed by atoms with Gasteiger partial charge in [0.1, 0.15) is 0 Å². The topological polar surface area (TPSA) is 12.9 Å². The Morgan fingerprint density at radius 1 is 1.46 bits per heavy atom. The first-order chi connectivity index (χ1) is 6.24. The normalized spacial score (nSPS) is 13.8. The van der Waals surface area contributed by atoms with E-state index in [2.05, 4.69) is 37.6 Å². The number of allylic oxidation sites excluding steroid dienone is 1. The number of hydrogen-bond acceptors (Lipinski definition) is 1. The molecule has 0 aliphatic carbocycles. The van der Waals surface area contributed by atoms with Crippen molar-refractivity contribution in [1.82, 2.24) is 4.98 Å². The van der Waals surface area contributed by atoms with Crippen LogP contribution in [0.2, 0.25) is 0 Å². The summed E-state index contributed by atoms with van der Waals surface area (Å²) in [4.78, 5) is 4.26. The lowest BCUT2D eigenvalue weighted by molar-refractivity contribution is 0.879. The number of nitrogens with zero attached hydrogens (tertiary/aromatic N) is 1. The molecular formula is C12H15N. The SMILES string of the molecule is C=C/C=c1/nccc/c1=C/C(C)C. The predicted octanol–water partition coefficient (Wildman–Crippen LogP) is 1.48. The van der Waals surface area contributed by atoms with E-state index in [4.69, 9.17) is 0 Å². The molecular weight excluding hydrogens is 158 g/mol. The van der Waals surface area contributed by atoms with Crippen molar-refractivity contribution in [3.63, 3.8) is 0 Å². The molecule has 1 nitrogen and oxygen atoms in total. The third-order valence-electron chi connectivity index (χ3n) is 1.66. The Balaban J connectivity index is 3.36. The van der Waals surface area contributed by atoms with Gasteiger partial charge < -0.3 is 0 Å². The van der Waals surface area contributed by atoms with Gasteiger partial charge in [-0.05, 0) is 23.3 Å². The summed E-state index contributed by atoms with van der Waals surface area (Å²) in [5.74, 6) is 0.543. The van der Waals surface area contributed by atoms with Crippen LogP contribution in [0.25, 0.3) is 12.2 Å². The molecule has 0 aliphatic heterocycles. The van der Waals surface area contributed by atoms with Gasteiger partial charge in [0, 0.05) is 6.20 Å². The Bertz CT molecular complexity index is 388. The largest absolute Gasteiger partial charge is 0.256 e. The fourth-order valence-corrected chi connectivity index (χ4v) is 1.18. The summed E-state index contributed by atoms with van der Waals surface area (Å²) in [6.45, 7) is 7.98. The van der Waals surface area contributed by atoms with Crippen molar-refractivity contribution in [3.8, 4) is 0 Å². The summed E-state index contributed by atoms with van der Waals surface area (Å²) >= 11 is 0. The van der Waals surface area contributed by atoms with E-state index in [1.807, 2.05) is 12.1 Å². The molecule has 0 aromatic carbocycles. The van der Waals surface area contributed by atoms with E-state index in [0.29, 0.717) is 5.92 Å². The lowest BCUT2D eigenvalue weighted by atomic mass is 10.1. The summed E-state index contributed by atoms with van der Waals surface area (Å²) in [6.07, 6.45) is 7.68. The standard InChI is InChI=1S/C12H15N/c1-4-6-12-11(9-10(2)3)7-5-8-13-12/h4-10H,1H2,2-3H3/b11-9-,12-6+. The van der Waals surface area contributed by atoms with Gasteiger partial charge >= 0.3 is 0 Å². The minimum absolute atomic E-state index is 0.543. The molecule has 0 fully saturated rings. The van der Waals surface area contributed by atoms with Crippen molar-refractivity contribution in [3.05, 3.63) is 41.6 Å². The average Bonchev–Trinajstić information content (AvgIpc) is 2.08. The summed E-state index contributed by atoms with van der Waals surface area (Å²) in [7, 11) is 0. The third kappa shape index (κ3) is 2.86. The molecule has 13 heavy (non-hydrogen) atoms. The van der Waals surface area contributed by atoms with Crippen LogP contribution in [0.1, 0.15) is 13.8 Å². The molecule has 0 saturated carbocycles. The number of aromatic nitrogens is 1. The highest BCUT2D eigenvalue weighted by molar-refractivity contribution is 5.36. The van der Waals surface area contributed by atoms with Gasteiger partial charge in [-0.3, -0.25) is 4.98 Å². The third-order valence-corrected chi connectivity index (χ3v) is 1.66. The molecule has 1 aromatic heterocycles. The van der Waals surface area contributed by atoms with Crippen LogP contribution in [0.3, 0.4) is 0 Å². The fraction of sp³-hybridized carbons (Fsp3) is 0.250. The Morgan fingerprint density at radius 2 is 2.23 bits per heavy atom. The van der Waals surface area contributed by atoms with Crippen molar-refractivity contribution < 1.29 is 0 Å². The smallest absolute Gasteiger partial charge is 0.0698 e. The van der Waals surface area contributed by atoms with Crippen LogP contribution in [0, 0.1) is 5.92 Å². The zero-order valence-corrected chi connectivity index (χ0v) is 8.20. The van der Waals surface area contributed by atoms with Crippen LogP contribution >= 0.6 is 0 Å². The van der Waals surface area contributed by atoms with Crippen LogP contribution in [0.5, 0.6) is 0 Å². The van der Waals surface area contributed by atoms with Crippen molar-refractivity contribution in [2.24, 2.45) is 5.92 Å². The molecule has 0 unspecified atom stereocenters. The summed E-state index contributed by atoms with van der Waals surface area (Å²) in [5.41, 5.74) is 0. The van der Waals surface area contributed by atoms with E-state index in [1.165, 1.54) is 5.22 Å². The highest BCUT2D eigenvalue weighted by Crippen LogP contribution is 1.90. The molecule has 0 spiro atoms. The van der Waals surface area contributed by atoms with Crippen LogP contribution in [0.15, 0.2) is 31.0 Å². The highest BCUT2D eigenvalue weighted by atomic mass is 14.6. The number of hydrogen-bond donors (Lipinski definition) is 0. The van der Waals surface area contributed by atoms with E-state index < -0.39 is 0 Å². The minimum atomic E-state index is 0.543. The zero-order chi connectivity index (χ0) is 9.68. The van der Waals surface area contributed by atoms with E-state index in [0.717, 1.165) is 5.35 Å². The van der Waals surface area contributed by atoms with Gasteiger partial charge in [-0.25, -0.2) is 0 Å². The molecule has 0 N–H and O–H groups in total. The van der Waals surface area contributed by atoms with Gasteiger partial charge in [0.25, 0.3) is 0 Å². The average molecular weight is 173 g/mol. The molecule has 1 heteroatoms. The van der Waals surface area contributed by atoms with Gasteiger partial charge in [0.2, 0.25) is 0 Å². The van der Waals surface area contributed by atoms with Crippen molar-refractivity contribution >= 4 is 12.2 Å². The first-order valence-corrected chi connectivity index (χ1v) is 4.49. The van der Waals surface area contributed by atoms with Crippen molar-refractivity contribution in [2.75, 3.05) is 0 Å². The Morgan fingerprint density at radius 3 is 2.85 bits per heavy atom. The second kappa shape index (κ2) is 4.61. The van der Waals surface area contributed by atoms with Gasteiger partial charge in [0.05, 0.1) is 5.35 Å². The Kier molecular flexibility index (Phi) is 3.44. The van der Waals surface area contributed by atoms with E-state index in [9.17, 15) is 0 Å². The van der Waals surface area contributed by atoms with Crippen LogP contribution in [-0.2, 0) is 0 Å². The van der Waals surface area contributed by atoms with Crippen LogP contribution in [0.4, 0.5) is 0 Å². The first-order valence-electron chi connectivity index (χ1n) is 4.49. The van der Waals surface area contributed by atoms with Crippen LogP contribution in [-0.4, -0.2) is 4.98 Å². The molecule has 1 heterocycles. The van der Waals surface area contributed by atoms with E-state index in [1.54, 1.807) is 12.3 Å². The Hall–Kier alpha value is -1.37. The van der Waals surface area contributed by atoms with Crippen molar-refractivity contribution in [2.45, 2.75) is 13.8 Å². The van der Waals surface area contributed by atoms with Crippen molar-refractivity contribution in [1.29, 1.82) is 0 Å². The molecule has 68 valence electrons. The molecule has 0 atom stereocenters. The fourth-order valence-electron chi connectivity index (χ4n) is 1.18. The quantitative estimate of drug-likeness (QED) is 0.660. The maximum Gasteiger partial charge on any atom is 0.0698 e. The highest BCUT2D eigenvalue weighted by Gasteiger charge is 1.87. The van der Waals surface area contributed by atoms with Gasteiger partial charge in [0.15, 0.2) is 0 Å². The van der Waals surface area contributed by atoms with E-state index >= 15 is 0 Å². The molecule has 0 amide bonds. The lowest BCUT2D eigenvalue weighted by Crippen LogP contribution is -2.27. The predicted molar refractivity (Wildman–Crippen MR) is 57.5 cm³/mol. The monoisotopic (exact) mass is 173 g/mol. The lowest BCUT2D eigenvalue weighted by Gasteiger charge is -1.93. The van der Waals surface area contributed by atoms with Crippen LogP contribution < -0.4 is 10.6 Å². The van der Waals surface area contributed by atoms with E-state index in [-0.39, 0.29) is 0 Å². The van der Waals surface area contributed by atoms with Gasteiger partial charge in [-0.2, -0.15) is 0 Å². The first kappa shape index (κ1) is 9.72. The molecule has 0 aliphatic rings. The Labute approximate surface area is 79.1 Å². The summed E-state index contributed by atoms with van der Waals surface area (Å²) < 4.78 is 0. The summed E-state index contributed by atoms with van der Waals surface area (Å²) in [6, 6.07) is 4.02. The molecule has 0 radical (unpaired) electrons. The number of rotatable bonds is 2. The maximum atomic E-state index is 4.26. The van der Waals surface area contributed by atoms with Gasteiger partial charge in [-0.15, -0.1) is 0 Å².